The number of hydrogen-bond donors (Lipinski definition) is 2. The SMILES string of the molecule is Cc1ccc(CC(=O)NC2CCC(CCN)C2)cn1. The quantitative estimate of drug-likeness (QED) is 0.845. The van der Waals surface area contributed by atoms with Crippen molar-refractivity contribution in [1.82, 2.24) is 10.3 Å². The van der Waals surface area contributed by atoms with Crippen LogP contribution in [0.25, 0.3) is 0 Å². The lowest BCUT2D eigenvalue weighted by atomic mass is 10.0. The van der Waals surface area contributed by atoms with E-state index < -0.39 is 0 Å². The molecule has 1 amide bonds. The van der Waals surface area contributed by atoms with Crippen molar-refractivity contribution in [2.75, 3.05) is 6.54 Å². The Bertz CT molecular complexity index is 416. The van der Waals surface area contributed by atoms with Gasteiger partial charge in [0.1, 0.15) is 0 Å². The first kappa shape index (κ1) is 14.0. The maximum Gasteiger partial charge on any atom is 0.224 e. The van der Waals surface area contributed by atoms with E-state index in [0.29, 0.717) is 18.4 Å². The molecule has 2 atom stereocenters. The van der Waals surface area contributed by atoms with E-state index in [0.717, 1.165) is 37.1 Å². The molecule has 0 saturated heterocycles. The Balaban J connectivity index is 1.77. The van der Waals surface area contributed by atoms with Gasteiger partial charge in [0.05, 0.1) is 6.42 Å². The summed E-state index contributed by atoms with van der Waals surface area (Å²) in [7, 11) is 0. The second kappa shape index (κ2) is 6.66. The van der Waals surface area contributed by atoms with Gasteiger partial charge in [-0.25, -0.2) is 0 Å². The highest BCUT2D eigenvalue weighted by molar-refractivity contribution is 5.78. The Kier molecular flexibility index (Phi) is 4.91. The number of carbonyl (C=O) groups excluding carboxylic acids is 1. The normalized spacial score (nSPS) is 22.4. The van der Waals surface area contributed by atoms with E-state index in [2.05, 4.69) is 10.3 Å². The fraction of sp³-hybridized carbons (Fsp3) is 0.600. The number of pyridine rings is 1. The highest BCUT2D eigenvalue weighted by Crippen LogP contribution is 2.27. The number of nitrogens with zero attached hydrogens (tertiary/aromatic N) is 1. The zero-order valence-corrected chi connectivity index (χ0v) is 11.6. The highest BCUT2D eigenvalue weighted by Gasteiger charge is 2.25. The number of aryl methyl sites for hydroxylation is 1. The molecule has 1 aromatic heterocycles. The predicted octanol–water partition coefficient (Wildman–Crippen LogP) is 1.57. The van der Waals surface area contributed by atoms with E-state index in [1.165, 1.54) is 6.42 Å². The average molecular weight is 261 g/mol. The van der Waals surface area contributed by atoms with Gasteiger partial charge in [0.25, 0.3) is 0 Å². The molecule has 1 aromatic rings. The molecule has 1 heterocycles. The molecule has 0 aliphatic heterocycles. The topological polar surface area (TPSA) is 68.0 Å². The minimum atomic E-state index is 0.101. The molecule has 104 valence electrons. The smallest absolute Gasteiger partial charge is 0.224 e. The molecule has 2 unspecified atom stereocenters. The zero-order valence-electron chi connectivity index (χ0n) is 11.6. The van der Waals surface area contributed by atoms with E-state index in [-0.39, 0.29) is 5.91 Å². The Morgan fingerprint density at radius 2 is 2.32 bits per heavy atom. The number of amides is 1. The summed E-state index contributed by atoms with van der Waals surface area (Å²) in [6.45, 7) is 2.69. The average Bonchev–Trinajstić information content (AvgIpc) is 2.80. The highest BCUT2D eigenvalue weighted by atomic mass is 16.1. The zero-order chi connectivity index (χ0) is 13.7. The second-order valence-electron chi connectivity index (χ2n) is 5.51. The summed E-state index contributed by atoms with van der Waals surface area (Å²) in [6.07, 6.45) is 6.63. The summed E-state index contributed by atoms with van der Waals surface area (Å²) in [5.41, 5.74) is 7.52. The van der Waals surface area contributed by atoms with Gasteiger partial charge >= 0.3 is 0 Å². The van der Waals surface area contributed by atoms with Crippen LogP contribution in [0, 0.1) is 12.8 Å². The van der Waals surface area contributed by atoms with Crippen LogP contribution in [0.4, 0.5) is 0 Å². The lowest BCUT2D eigenvalue weighted by Crippen LogP contribution is -2.34. The van der Waals surface area contributed by atoms with Crippen molar-refractivity contribution in [3.05, 3.63) is 29.6 Å². The monoisotopic (exact) mass is 261 g/mol. The molecule has 3 N–H and O–H groups in total. The van der Waals surface area contributed by atoms with Gasteiger partial charge in [0.15, 0.2) is 0 Å². The summed E-state index contributed by atoms with van der Waals surface area (Å²) < 4.78 is 0. The van der Waals surface area contributed by atoms with Crippen molar-refractivity contribution in [3.63, 3.8) is 0 Å². The number of nitrogens with two attached hydrogens (primary N) is 1. The van der Waals surface area contributed by atoms with Gasteiger partial charge in [-0.2, -0.15) is 0 Å². The van der Waals surface area contributed by atoms with Crippen LogP contribution < -0.4 is 11.1 Å². The van der Waals surface area contributed by atoms with Crippen LogP contribution in [-0.2, 0) is 11.2 Å². The first-order valence-corrected chi connectivity index (χ1v) is 7.08. The van der Waals surface area contributed by atoms with Gasteiger partial charge < -0.3 is 11.1 Å². The van der Waals surface area contributed by atoms with Crippen molar-refractivity contribution in [2.45, 2.75) is 45.1 Å². The van der Waals surface area contributed by atoms with E-state index in [9.17, 15) is 4.79 Å². The van der Waals surface area contributed by atoms with E-state index >= 15 is 0 Å². The first-order valence-electron chi connectivity index (χ1n) is 7.08. The van der Waals surface area contributed by atoms with Crippen LogP contribution in [0.2, 0.25) is 0 Å². The Labute approximate surface area is 114 Å². The van der Waals surface area contributed by atoms with Crippen LogP contribution >= 0.6 is 0 Å². The molecule has 1 fully saturated rings. The van der Waals surface area contributed by atoms with Gasteiger partial charge in [0, 0.05) is 17.9 Å². The molecule has 0 radical (unpaired) electrons. The van der Waals surface area contributed by atoms with Gasteiger partial charge in [-0.3, -0.25) is 9.78 Å². The number of nitrogens with one attached hydrogen (secondary N) is 1. The molecule has 1 saturated carbocycles. The van der Waals surface area contributed by atoms with Crippen LogP contribution in [0.15, 0.2) is 18.3 Å². The molecule has 0 spiro atoms. The van der Waals surface area contributed by atoms with Crippen molar-refractivity contribution in [3.8, 4) is 0 Å². The molecule has 4 heteroatoms. The third-order valence-electron chi connectivity index (χ3n) is 3.82. The van der Waals surface area contributed by atoms with Crippen LogP contribution in [-0.4, -0.2) is 23.5 Å². The maximum absolute atomic E-state index is 12.0. The number of rotatable bonds is 5. The Hall–Kier alpha value is -1.42. The summed E-state index contributed by atoms with van der Waals surface area (Å²) in [5, 5.41) is 3.12. The molecular weight excluding hydrogens is 238 g/mol. The first-order chi connectivity index (χ1) is 9.17. The lowest BCUT2D eigenvalue weighted by molar-refractivity contribution is -0.121. The van der Waals surface area contributed by atoms with Crippen molar-refractivity contribution in [2.24, 2.45) is 11.7 Å². The summed E-state index contributed by atoms with van der Waals surface area (Å²) in [4.78, 5) is 16.2. The van der Waals surface area contributed by atoms with E-state index in [4.69, 9.17) is 5.73 Å². The third-order valence-corrected chi connectivity index (χ3v) is 3.82. The number of hydrogen-bond acceptors (Lipinski definition) is 3. The fourth-order valence-electron chi connectivity index (χ4n) is 2.77. The predicted molar refractivity (Wildman–Crippen MR) is 75.6 cm³/mol. The summed E-state index contributed by atoms with van der Waals surface area (Å²) in [5.74, 6) is 0.792. The molecular formula is C15H23N3O. The largest absolute Gasteiger partial charge is 0.353 e. The minimum absolute atomic E-state index is 0.101. The molecule has 4 nitrogen and oxygen atoms in total. The van der Waals surface area contributed by atoms with Gasteiger partial charge in [-0.1, -0.05) is 6.07 Å². The number of carbonyl (C=O) groups is 1. The molecule has 1 aliphatic carbocycles. The van der Waals surface area contributed by atoms with E-state index in [1.54, 1.807) is 6.20 Å². The van der Waals surface area contributed by atoms with Crippen LogP contribution in [0.1, 0.15) is 36.9 Å². The van der Waals surface area contributed by atoms with Crippen molar-refractivity contribution >= 4 is 5.91 Å². The molecule has 19 heavy (non-hydrogen) atoms. The van der Waals surface area contributed by atoms with Crippen molar-refractivity contribution < 1.29 is 4.79 Å². The molecule has 2 rings (SSSR count). The third kappa shape index (κ3) is 4.31. The van der Waals surface area contributed by atoms with Crippen molar-refractivity contribution in [1.29, 1.82) is 0 Å². The second-order valence-corrected chi connectivity index (χ2v) is 5.51. The summed E-state index contributed by atoms with van der Waals surface area (Å²) in [6, 6.07) is 4.24. The Morgan fingerprint density at radius 3 is 3.00 bits per heavy atom. The van der Waals surface area contributed by atoms with Crippen LogP contribution in [0.3, 0.4) is 0 Å². The van der Waals surface area contributed by atoms with E-state index in [1.807, 2.05) is 19.1 Å². The number of aromatic nitrogens is 1. The van der Waals surface area contributed by atoms with Gasteiger partial charge in [-0.15, -0.1) is 0 Å². The van der Waals surface area contributed by atoms with Gasteiger partial charge in [-0.05, 0) is 56.7 Å². The summed E-state index contributed by atoms with van der Waals surface area (Å²) >= 11 is 0. The Morgan fingerprint density at radius 1 is 1.47 bits per heavy atom. The fourth-order valence-corrected chi connectivity index (χ4v) is 2.77. The molecule has 0 aromatic carbocycles. The van der Waals surface area contributed by atoms with Crippen LogP contribution in [0.5, 0.6) is 0 Å². The molecule has 0 bridgehead atoms. The lowest BCUT2D eigenvalue weighted by Gasteiger charge is -2.13. The standard InChI is InChI=1S/C15H23N3O/c1-11-2-3-13(10-17-11)9-15(19)18-14-5-4-12(8-14)6-7-16/h2-3,10,12,14H,4-9,16H2,1H3,(H,18,19). The van der Waals surface area contributed by atoms with Gasteiger partial charge in [0.2, 0.25) is 5.91 Å². The molecule has 1 aliphatic rings. The minimum Gasteiger partial charge on any atom is -0.353 e. The maximum atomic E-state index is 12.0.